The van der Waals surface area contributed by atoms with Crippen molar-refractivity contribution in [3.63, 3.8) is 0 Å². The summed E-state index contributed by atoms with van der Waals surface area (Å²) in [6.07, 6.45) is 13.4. The van der Waals surface area contributed by atoms with E-state index in [1.807, 2.05) is 20.8 Å². The van der Waals surface area contributed by atoms with E-state index in [0.717, 1.165) is 89.3 Å². The van der Waals surface area contributed by atoms with Crippen LogP contribution in [0.5, 0.6) is 0 Å². The van der Waals surface area contributed by atoms with Gasteiger partial charge in [-0.25, -0.2) is 0 Å². The molecule has 57 heavy (non-hydrogen) atoms. The molecular weight excluding hydrogens is 743 g/mol. The molecule has 0 aromatic rings. The lowest BCUT2D eigenvalue weighted by atomic mass is 9.73. The van der Waals surface area contributed by atoms with Gasteiger partial charge in [-0.1, -0.05) is 72.8 Å². The Hall–Kier alpha value is -2.68. The molecule has 6 rings (SSSR count). The van der Waals surface area contributed by atoms with Crippen molar-refractivity contribution in [2.75, 3.05) is 27.2 Å². The maximum Gasteiger partial charge on any atom is 0.257 e. The third kappa shape index (κ3) is 7.78. The number of carbonyl (C=O) groups is 5. The summed E-state index contributed by atoms with van der Waals surface area (Å²) in [5, 5.41) is 9.53. The average molecular weight is 814 g/mol. The van der Waals surface area contributed by atoms with Gasteiger partial charge in [-0.2, -0.15) is 0 Å². The molecule has 2 spiro atoms. The Kier molecular flexibility index (Phi) is 12.6. The number of amides is 5. The number of hydrogen-bond acceptors (Lipinski definition) is 9. The molecule has 320 valence electrons. The van der Waals surface area contributed by atoms with E-state index in [0.29, 0.717) is 19.4 Å². The second-order valence-electron chi connectivity index (χ2n) is 20.0. The number of nitrogens with one attached hydrogen (secondary N) is 4. The number of rotatable bonds is 14. The van der Waals surface area contributed by atoms with Crippen LogP contribution in [-0.2, 0) is 28.8 Å². The van der Waals surface area contributed by atoms with Gasteiger partial charge in [0.15, 0.2) is 0 Å². The molecule has 13 nitrogen and oxygen atoms in total. The van der Waals surface area contributed by atoms with Gasteiger partial charge in [0.25, 0.3) is 5.91 Å². The molecular formula is C43H71N7O6S. The molecule has 14 heteroatoms. The molecule has 0 radical (unpaired) electrons. The topological polar surface area (TPSA) is 152 Å². The molecule has 7 unspecified atom stereocenters. The van der Waals surface area contributed by atoms with Crippen molar-refractivity contribution in [1.82, 2.24) is 34.9 Å². The Bertz CT molecular complexity index is 1570. The first-order valence-electron chi connectivity index (χ1n) is 21.7. The van der Waals surface area contributed by atoms with Crippen molar-refractivity contribution in [2.24, 2.45) is 33.5 Å². The zero-order valence-corrected chi connectivity index (χ0v) is 36.9. The molecule has 2 heterocycles. The van der Waals surface area contributed by atoms with E-state index in [1.165, 1.54) is 11.6 Å². The van der Waals surface area contributed by atoms with E-state index in [4.69, 9.17) is 4.84 Å². The maximum absolute atomic E-state index is 15.2. The minimum atomic E-state index is -1.19. The van der Waals surface area contributed by atoms with Gasteiger partial charge in [0.1, 0.15) is 23.7 Å². The third-order valence-electron chi connectivity index (χ3n) is 15.6. The predicted molar refractivity (Wildman–Crippen MR) is 222 cm³/mol. The van der Waals surface area contributed by atoms with E-state index in [1.54, 1.807) is 18.0 Å². The van der Waals surface area contributed by atoms with Crippen LogP contribution in [0.15, 0.2) is 12.7 Å². The number of nitrogens with zero attached hydrogens (tertiary/aromatic N) is 3. The number of carbonyl (C=O) groups excluding carboxylic acids is 5. The van der Waals surface area contributed by atoms with Crippen molar-refractivity contribution in [3.05, 3.63) is 12.7 Å². The highest BCUT2D eigenvalue weighted by Crippen LogP contribution is 2.88. The number of likely N-dealkylation sites (tertiary alicyclic amines) is 2. The van der Waals surface area contributed by atoms with Gasteiger partial charge in [-0.15, -0.1) is 11.0 Å². The van der Waals surface area contributed by atoms with Crippen LogP contribution in [0.1, 0.15) is 132 Å². The van der Waals surface area contributed by atoms with Gasteiger partial charge < -0.3 is 20.9 Å². The van der Waals surface area contributed by atoms with Crippen molar-refractivity contribution in [1.29, 1.82) is 0 Å². The summed E-state index contributed by atoms with van der Waals surface area (Å²) in [4.78, 5) is 81.4. The molecule has 0 aromatic heterocycles. The van der Waals surface area contributed by atoms with Crippen molar-refractivity contribution in [2.45, 2.75) is 168 Å². The monoisotopic (exact) mass is 814 g/mol. The second-order valence-corrected chi connectivity index (χ2v) is 20.9. The standard InChI is InChI=1S/C43H71N7O6S/c1-11-29-24-43(29,38(55)47-57-48(9)56-10)46-35(52)31-25-42(40(7,8)41(42)21-17-22-41)26-50(31)37(54)33(39(4,5)6)45-36(53)32(28-18-13-12-14-19-28)44-34(51)30-20-15-16-23-49(30)27(2)3/h11,27-33H,1,12-26H2,2-10H3,(H,44,51)(H,45,53)(H,46,52)(H,47,55). The van der Waals surface area contributed by atoms with Crippen LogP contribution in [0.4, 0.5) is 0 Å². The Balaban J connectivity index is 1.27. The van der Waals surface area contributed by atoms with Gasteiger partial charge in [-0.3, -0.25) is 38.4 Å². The molecule has 6 aliphatic rings. The second kappa shape index (κ2) is 16.4. The van der Waals surface area contributed by atoms with Crippen molar-refractivity contribution < 1.29 is 28.8 Å². The number of fused-ring (bicyclic) bond motifs is 1. The smallest absolute Gasteiger partial charge is 0.257 e. The lowest BCUT2D eigenvalue weighted by Crippen LogP contribution is -2.63. The van der Waals surface area contributed by atoms with E-state index >= 15 is 4.79 Å². The van der Waals surface area contributed by atoms with Gasteiger partial charge in [0.2, 0.25) is 23.6 Å². The fourth-order valence-corrected chi connectivity index (χ4v) is 12.1. The molecule has 7 atom stereocenters. The Morgan fingerprint density at radius 1 is 0.895 bits per heavy atom. The van der Waals surface area contributed by atoms with Crippen LogP contribution in [-0.4, -0.2) is 107 Å². The summed E-state index contributed by atoms with van der Waals surface area (Å²) < 4.78 is 4.20. The number of hydrogen-bond donors (Lipinski definition) is 4. The zero-order valence-electron chi connectivity index (χ0n) is 36.1. The summed E-state index contributed by atoms with van der Waals surface area (Å²) in [6.45, 7) is 19.8. The molecule has 4 N–H and O–H groups in total. The van der Waals surface area contributed by atoms with Crippen LogP contribution in [0.2, 0.25) is 0 Å². The predicted octanol–water partition coefficient (Wildman–Crippen LogP) is 4.88. The molecule has 4 saturated carbocycles. The Labute approximate surface area is 345 Å². The maximum atomic E-state index is 15.2. The van der Waals surface area contributed by atoms with Gasteiger partial charge in [0.05, 0.1) is 25.3 Å². The lowest BCUT2D eigenvalue weighted by Gasteiger charge is -2.40. The van der Waals surface area contributed by atoms with E-state index < -0.39 is 29.1 Å². The fourth-order valence-electron chi connectivity index (χ4n) is 11.6. The Morgan fingerprint density at radius 2 is 1.56 bits per heavy atom. The van der Waals surface area contributed by atoms with Crippen LogP contribution in [0, 0.1) is 33.5 Å². The van der Waals surface area contributed by atoms with E-state index in [2.05, 4.69) is 59.8 Å². The Morgan fingerprint density at radius 3 is 2.11 bits per heavy atom. The van der Waals surface area contributed by atoms with E-state index in [-0.39, 0.29) is 69.7 Å². The molecule has 4 aliphatic carbocycles. The van der Waals surface area contributed by atoms with Crippen molar-refractivity contribution >= 4 is 41.7 Å². The average Bonchev–Trinajstić information content (AvgIpc) is 3.89. The highest BCUT2D eigenvalue weighted by atomic mass is 32.2. The molecule has 2 aliphatic heterocycles. The fraction of sp³-hybridized carbons (Fsp3) is 0.837. The highest BCUT2D eigenvalue weighted by molar-refractivity contribution is 7.95. The highest BCUT2D eigenvalue weighted by Gasteiger charge is 2.85. The van der Waals surface area contributed by atoms with Gasteiger partial charge in [0, 0.05) is 31.0 Å². The first-order chi connectivity index (χ1) is 26.8. The lowest BCUT2D eigenvalue weighted by molar-refractivity contribution is -0.145. The summed E-state index contributed by atoms with van der Waals surface area (Å²) >= 11 is 0.979. The van der Waals surface area contributed by atoms with Crippen LogP contribution in [0.3, 0.4) is 0 Å². The van der Waals surface area contributed by atoms with Crippen LogP contribution >= 0.6 is 12.1 Å². The molecule has 6 fully saturated rings. The molecule has 0 bridgehead atoms. The van der Waals surface area contributed by atoms with Gasteiger partial charge >= 0.3 is 0 Å². The SMILES string of the molecule is C=CC1CC1(NC(=O)C1CC2(CN1C(=O)C(NC(=O)C(NC(=O)C1CCCCN1C(C)C)C1CCCCC1)C(C)(C)C)C(C)(C)C21CCC1)C(=O)NSN(C)OC. The summed E-state index contributed by atoms with van der Waals surface area (Å²) in [5.74, 6) is -1.78. The first kappa shape index (κ1) is 43.9. The zero-order chi connectivity index (χ0) is 41.7. The van der Waals surface area contributed by atoms with E-state index in [9.17, 15) is 19.2 Å². The normalized spacial score (nSPS) is 31.7. The molecule has 0 aromatic carbocycles. The summed E-state index contributed by atoms with van der Waals surface area (Å²) in [5.41, 5.74) is -2.19. The van der Waals surface area contributed by atoms with Crippen LogP contribution < -0.4 is 20.7 Å². The largest absolute Gasteiger partial charge is 0.343 e. The summed E-state index contributed by atoms with van der Waals surface area (Å²) in [7, 11) is 3.16. The summed E-state index contributed by atoms with van der Waals surface area (Å²) in [6, 6.07) is -2.64. The minimum Gasteiger partial charge on any atom is -0.343 e. The number of hydroxylamine groups is 1. The third-order valence-corrected chi connectivity index (χ3v) is 16.3. The molecule has 5 amide bonds. The molecule has 2 saturated heterocycles. The van der Waals surface area contributed by atoms with Crippen LogP contribution in [0.25, 0.3) is 0 Å². The first-order valence-corrected chi connectivity index (χ1v) is 22.4. The quantitative estimate of drug-likeness (QED) is 0.109. The minimum absolute atomic E-state index is 0.0330. The number of piperidine rings is 1. The van der Waals surface area contributed by atoms with Crippen molar-refractivity contribution in [3.8, 4) is 0 Å². The van der Waals surface area contributed by atoms with Gasteiger partial charge in [-0.05, 0) is 93.9 Å².